The second-order valence-electron chi connectivity index (χ2n) is 9.88. The number of fused-ring (bicyclic) bond motifs is 1. The Bertz CT molecular complexity index is 1500. The lowest BCUT2D eigenvalue weighted by molar-refractivity contribution is 0.00640. The molecule has 2 aromatic carbocycles. The van der Waals surface area contributed by atoms with Gasteiger partial charge >= 0.3 is 5.97 Å². The fraction of sp³-hybridized carbons (Fsp3) is 0.323. The minimum Gasteiger partial charge on any atom is -0.455 e. The number of carbonyl (C=O) groups excluding carboxylic acids is 1. The van der Waals surface area contributed by atoms with E-state index in [2.05, 4.69) is 10.3 Å². The number of hydrogen-bond donors (Lipinski definition) is 1. The zero-order valence-electron chi connectivity index (χ0n) is 23.2. The molecule has 0 aliphatic rings. The Balaban J connectivity index is 0.00000195. The first-order valence-electron chi connectivity index (χ1n) is 12.7. The molecule has 2 heterocycles. The standard InChI is InChI=1S/C29H29ClN2O4.C2H6/c1-16-14-20(18(3)31-22-12-13-23(30)32-24(22)28(34)36-29(4,5)6)27-21(15-16)25(33)17(2)26(35-27)19-10-8-7-9-11-19;1-2/h7-15,18,31H,1-6H3;1-2H3. The van der Waals surface area contributed by atoms with Crippen molar-refractivity contribution in [1.82, 2.24) is 4.98 Å². The summed E-state index contributed by atoms with van der Waals surface area (Å²) in [5, 5.41) is 4.05. The summed E-state index contributed by atoms with van der Waals surface area (Å²) in [5.41, 5.74) is 3.38. The summed E-state index contributed by atoms with van der Waals surface area (Å²) in [6, 6.07) is 16.3. The summed E-state index contributed by atoms with van der Waals surface area (Å²) in [4.78, 5) is 30.4. The number of halogens is 1. The highest BCUT2D eigenvalue weighted by Gasteiger charge is 2.24. The maximum atomic E-state index is 13.4. The Morgan fingerprint density at radius 2 is 1.71 bits per heavy atom. The number of esters is 1. The van der Waals surface area contributed by atoms with Gasteiger partial charge in [0, 0.05) is 16.7 Å². The summed E-state index contributed by atoms with van der Waals surface area (Å²) in [6.45, 7) is 15.0. The van der Waals surface area contributed by atoms with Gasteiger partial charge in [-0.15, -0.1) is 0 Å². The number of pyridine rings is 1. The van der Waals surface area contributed by atoms with Crippen LogP contribution in [0.15, 0.2) is 63.8 Å². The second kappa shape index (κ2) is 11.8. The molecule has 0 bridgehead atoms. The second-order valence-corrected chi connectivity index (χ2v) is 10.3. The van der Waals surface area contributed by atoms with Crippen LogP contribution in [0.1, 0.15) is 74.8 Å². The van der Waals surface area contributed by atoms with Crippen molar-refractivity contribution in [2.75, 3.05) is 5.32 Å². The number of rotatable bonds is 5. The van der Waals surface area contributed by atoms with E-state index in [9.17, 15) is 9.59 Å². The van der Waals surface area contributed by atoms with Crippen molar-refractivity contribution in [1.29, 1.82) is 0 Å². The van der Waals surface area contributed by atoms with Gasteiger partial charge in [-0.25, -0.2) is 9.78 Å². The van der Waals surface area contributed by atoms with E-state index in [1.54, 1.807) is 39.8 Å². The minimum absolute atomic E-state index is 0.0742. The van der Waals surface area contributed by atoms with Gasteiger partial charge in [-0.2, -0.15) is 0 Å². The molecule has 4 aromatic rings. The van der Waals surface area contributed by atoms with Crippen molar-refractivity contribution in [3.8, 4) is 11.3 Å². The molecule has 0 saturated carbocycles. The van der Waals surface area contributed by atoms with E-state index >= 15 is 0 Å². The first-order chi connectivity index (χ1) is 17.9. The Hall–Kier alpha value is -3.64. The van der Waals surface area contributed by atoms with E-state index in [0.29, 0.717) is 28.0 Å². The summed E-state index contributed by atoms with van der Waals surface area (Å²) in [6.07, 6.45) is 0. The highest BCUT2D eigenvalue weighted by molar-refractivity contribution is 6.29. The van der Waals surface area contributed by atoms with Crippen molar-refractivity contribution >= 4 is 34.2 Å². The van der Waals surface area contributed by atoms with E-state index in [4.69, 9.17) is 20.8 Å². The number of aromatic nitrogens is 1. The lowest BCUT2D eigenvalue weighted by atomic mass is 9.98. The Labute approximate surface area is 229 Å². The fourth-order valence-electron chi connectivity index (χ4n) is 4.10. The molecule has 1 N–H and O–H groups in total. The predicted octanol–water partition coefficient (Wildman–Crippen LogP) is 8.28. The fourth-order valence-corrected chi connectivity index (χ4v) is 4.25. The van der Waals surface area contributed by atoms with Crippen LogP contribution in [0, 0.1) is 13.8 Å². The van der Waals surface area contributed by atoms with Crippen molar-refractivity contribution < 1.29 is 13.9 Å². The average molecular weight is 535 g/mol. The van der Waals surface area contributed by atoms with Gasteiger partial charge in [0.2, 0.25) is 0 Å². The number of nitrogens with one attached hydrogen (secondary N) is 1. The smallest absolute Gasteiger partial charge is 0.359 e. The molecule has 6 nitrogen and oxygen atoms in total. The SMILES string of the molecule is CC.Cc1cc(C(C)Nc2ccc(Cl)nc2C(=O)OC(C)(C)C)c2oc(-c3ccccc3)c(C)c(=O)c2c1. The van der Waals surface area contributed by atoms with Crippen molar-refractivity contribution in [2.45, 2.75) is 67.0 Å². The first-order valence-corrected chi connectivity index (χ1v) is 13.1. The summed E-state index contributed by atoms with van der Waals surface area (Å²) in [5.74, 6) is -0.0460. The normalized spacial score (nSPS) is 11.9. The molecule has 4 rings (SSSR count). The van der Waals surface area contributed by atoms with Gasteiger partial charge in [-0.3, -0.25) is 4.79 Å². The highest BCUT2D eigenvalue weighted by atomic mass is 35.5. The zero-order chi connectivity index (χ0) is 28.2. The molecule has 0 saturated heterocycles. The first kappa shape index (κ1) is 28.9. The third kappa shape index (κ3) is 6.43. The molecule has 2 aromatic heterocycles. The lowest BCUT2D eigenvalue weighted by Gasteiger charge is -2.22. The Morgan fingerprint density at radius 1 is 1.05 bits per heavy atom. The number of carbonyl (C=O) groups is 1. The Kier molecular flexibility index (Phi) is 9.00. The van der Waals surface area contributed by atoms with Gasteiger partial charge in [-0.1, -0.05) is 61.8 Å². The van der Waals surface area contributed by atoms with Crippen LogP contribution in [-0.2, 0) is 4.74 Å². The van der Waals surface area contributed by atoms with E-state index in [0.717, 1.165) is 16.7 Å². The van der Waals surface area contributed by atoms with Crippen LogP contribution < -0.4 is 10.7 Å². The average Bonchev–Trinajstić information content (AvgIpc) is 2.87. The number of aryl methyl sites for hydroxylation is 1. The molecule has 200 valence electrons. The van der Waals surface area contributed by atoms with Crippen LogP contribution in [-0.4, -0.2) is 16.6 Å². The molecule has 1 atom stereocenters. The number of hydrogen-bond acceptors (Lipinski definition) is 6. The molecule has 0 aliphatic carbocycles. The van der Waals surface area contributed by atoms with Crippen LogP contribution in [0.3, 0.4) is 0 Å². The molecule has 0 radical (unpaired) electrons. The van der Waals surface area contributed by atoms with Crippen molar-refractivity contribution in [3.05, 3.63) is 92.4 Å². The van der Waals surface area contributed by atoms with Gasteiger partial charge in [0.15, 0.2) is 11.1 Å². The Morgan fingerprint density at radius 3 is 2.34 bits per heavy atom. The summed E-state index contributed by atoms with van der Waals surface area (Å²) >= 11 is 6.10. The summed E-state index contributed by atoms with van der Waals surface area (Å²) in [7, 11) is 0. The van der Waals surface area contributed by atoms with Gasteiger partial charge in [0.1, 0.15) is 22.1 Å². The zero-order valence-corrected chi connectivity index (χ0v) is 24.0. The molecule has 0 aliphatic heterocycles. The molecule has 7 heteroatoms. The topological polar surface area (TPSA) is 81.4 Å². The largest absolute Gasteiger partial charge is 0.455 e. The predicted molar refractivity (Wildman–Crippen MR) is 155 cm³/mol. The monoisotopic (exact) mass is 534 g/mol. The number of nitrogens with zero attached hydrogens (tertiary/aromatic N) is 1. The van der Waals surface area contributed by atoms with E-state index in [-0.39, 0.29) is 22.3 Å². The molecule has 38 heavy (non-hydrogen) atoms. The number of ether oxygens (including phenoxy) is 1. The maximum absolute atomic E-state index is 13.4. The van der Waals surface area contributed by atoms with Gasteiger partial charge in [0.25, 0.3) is 0 Å². The molecule has 0 fully saturated rings. The minimum atomic E-state index is -0.689. The number of benzene rings is 2. The molecule has 1 unspecified atom stereocenters. The van der Waals surface area contributed by atoms with Crippen LogP contribution in [0.4, 0.5) is 5.69 Å². The molecular formula is C31H35ClN2O4. The lowest BCUT2D eigenvalue weighted by Crippen LogP contribution is -2.25. The molecular weight excluding hydrogens is 500 g/mol. The van der Waals surface area contributed by atoms with Gasteiger partial charge < -0.3 is 14.5 Å². The van der Waals surface area contributed by atoms with E-state index in [1.165, 1.54) is 0 Å². The maximum Gasteiger partial charge on any atom is 0.359 e. The third-order valence-electron chi connectivity index (χ3n) is 5.72. The highest BCUT2D eigenvalue weighted by Crippen LogP contribution is 2.33. The van der Waals surface area contributed by atoms with Gasteiger partial charge in [-0.05, 0) is 65.3 Å². The van der Waals surface area contributed by atoms with Gasteiger partial charge in [0.05, 0.1) is 17.1 Å². The van der Waals surface area contributed by atoms with Crippen LogP contribution >= 0.6 is 11.6 Å². The molecule has 0 spiro atoms. The molecule has 0 amide bonds. The van der Waals surface area contributed by atoms with Crippen molar-refractivity contribution in [2.24, 2.45) is 0 Å². The quantitative estimate of drug-likeness (QED) is 0.205. The summed E-state index contributed by atoms with van der Waals surface area (Å²) < 4.78 is 11.9. The van der Waals surface area contributed by atoms with E-state index in [1.807, 2.05) is 70.2 Å². The van der Waals surface area contributed by atoms with E-state index < -0.39 is 11.6 Å². The third-order valence-corrected chi connectivity index (χ3v) is 5.93. The number of anilines is 1. The van der Waals surface area contributed by atoms with Crippen LogP contribution in [0.2, 0.25) is 5.15 Å². The van der Waals surface area contributed by atoms with Crippen LogP contribution in [0.25, 0.3) is 22.3 Å². The van der Waals surface area contributed by atoms with Crippen LogP contribution in [0.5, 0.6) is 0 Å². The van der Waals surface area contributed by atoms with Crippen molar-refractivity contribution in [3.63, 3.8) is 0 Å².